The lowest BCUT2D eigenvalue weighted by atomic mass is 10.2. The molecule has 0 amide bonds. The van der Waals surface area contributed by atoms with Gasteiger partial charge in [-0.2, -0.15) is 5.10 Å². The summed E-state index contributed by atoms with van der Waals surface area (Å²) in [6.07, 6.45) is 2.96. The Morgan fingerprint density at radius 2 is 2.00 bits per heavy atom. The van der Waals surface area contributed by atoms with Gasteiger partial charge >= 0.3 is 5.97 Å². The predicted molar refractivity (Wildman–Crippen MR) is 96.1 cm³/mol. The Balaban J connectivity index is 1.95. The molecule has 0 saturated carbocycles. The number of halogens is 1. The van der Waals surface area contributed by atoms with Crippen LogP contribution < -0.4 is 4.72 Å². The van der Waals surface area contributed by atoms with E-state index in [4.69, 9.17) is 4.74 Å². The molecule has 0 aliphatic carbocycles. The molecule has 0 aliphatic heterocycles. The van der Waals surface area contributed by atoms with Crippen molar-refractivity contribution >= 4 is 43.1 Å². The monoisotopic (exact) mass is 423 g/mol. The largest absolute Gasteiger partial charge is 0.462 e. The quantitative estimate of drug-likeness (QED) is 0.636. The summed E-state index contributed by atoms with van der Waals surface area (Å²) in [5, 5.41) is 4.06. The lowest BCUT2D eigenvalue weighted by Crippen LogP contribution is -2.13. The van der Waals surface area contributed by atoms with Crippen LogP contribution >= 0.6 is 15.9 Å². The van der Waals surface area contributed by atoms with E-state index >= 15 is 0 Å². The Hall–Kier alpha value is -2.39. The predicted octanol–water partition coefficient (Wildman–Crippen LogP) is 3.07. The number of ether oxygens (including phenoxy) is 1. The van der Waals surface area contributed by atoms with Crippen molar-refractivity contribution in [2.75, 3.05) is 11.3 Å². The second kappa shape index (κ2) is 6.85. The summed E-state index contributed by atoms with van der Waals surface area (Å²) >= 11 is 3.27. The second-order valence-corrected chi connectivity index (χ2v) is 7.68. The highest BCUT2D eigenvalue weighted by Crippen LogP contribution is 2.21. The number of benzene rings is 1. The number of anilines is 1. The Kier molecular flexibility index (Phi) is 4.78. The minimum Gasteiger partial charge on any atom is -0.462 e. The molecule has 0 fully saturated rings. The molecule has 0 bridgehead atoms. The molecule has 2 heterocycles. The van der Waals surface area contributed by atoms with E-state index in [1.54, 1.807) is 31.3 Å². The van der Waals surface area contributed by atoms with E-state index in [0.29, 0.717) is 11.2 Å². The summed E-state index contributed by atoms with van der Waals surface area (Å²) in [4.78, 5) is 12.1. The van der Waals surface area contributed by atoms with Gasteiger partial charge in [0.1, 0.15) is 5.56 Å². The molecule has 2 aromatic heterocycles. The van der Waals surface area contributed by atoms with E-state index in [2.05, 4.69) is 25.8 Å². The van der Waals surface area contributed by atoms with Crippen molar-refractivity contribution in [3.05, 3.63) is 58.8 Å². The van der Waals surface area contributed by atoms with Gasteiger partial charge in [-0.25, -0.2) is 17.7 Å². The standard InChI is InChI=1S/C16H14BrN3O4S/c1-2-24-16(21)14-10-18-20-8-7-12(9-15(14)20)19-25(22,23)13-5-3-11(17)4-6-13/h3-10,19H,2H2,1H3. The number of sulfonamides is 1. The van der Waals surface area contributed by atoms with E-state index in [9.17, 15) is 13.2 Å². The van der Waals surface area contributed by atoms with Crippen molar-refractivity contribution in [3.8, 4) is 0 Å². The Morgan fingerprint density at radius 3 is 2.68 bits per heavy atom. The van der Waals surface area contributed by atoms with E-state index < -0.39 is 16.0 Å². The molecule has 1 N–H and O–H groups in total. The van der Waals surface area contributed by atoms with Crippen LogP contribution in [0, 0.1) is 0 Å². The van der Waals surface area contributed by atoms with Gasteiger partial charge in [-0.1, -0.05) is 15.9 Å². The number of hydrogen-bond donors (Lipinski definition) is 1. The summed E-state index contributed by atoms with van der Waals surface area (Å²) in [6.45, 7) is 1.95. The Labute approximate surface area is 152 Å². The Morgan fingerprint density at radius 1 is 1.28 bits per heavy atom. The van der Waals surface area contributed by atoms with Crippen LogP contribution in [-0.2, 0) is 14.8 Å². The minimum atomic E-state index is -3.74. The zero-order valence-electron chi connectivity index (χ0n) is 13.1. The number of nitrogens with zero attached hydrogens (tertiary/aromatic N) is 2. The van der Waals surface area contributed by atoms with Crippen LogP contribution in [0.2, 0.25) is 0 Å². The van der Waals surface area contributed by atoms with Gasteiger partial charge in [-0.05, 0) is 43.3 Å². The van der Waals surface area contributed by atoms with Crippen molar-refractivity contribution in [3.63, 3.8) is 0 Å². The van der Waals surface area contributed by atoms with Gasteiger partial charge in [0.25, 0.3) is 10.0 Å². The maximum atomic E-state index is 12.5. The first-order valence-electron chi connectivity index (χ1n) is 7.33. The molecule has 7 nitrogen and oxygen atoms in total. The maximum absolute atomic E-state index is 12.5. The highest BCUT2D eigenvalue weighted by molar-refractivity contribution is 9.10. The zero-order valence-corrected chi connectivity index (χ0v) is 15.5. The highest BCUT2D eigenvalue weighted by atomic mass is 79.9. The first-order chi connectivity index (χ1) is 11.9. The van der Waals surface area contributed by atoms with Gasteiger partial charge in [-0.3, -0.25) is 4.72 Å². The molecule has 0 aliphatic rings. The number of rotatable bonds is 5. The molecular formula is C16H14BrN3O4S. The molecule has 1 aromatic carbocycles. The van der Waals surface area contributed by atoms with Crippen molar-refractivity contribution in [1.29, 1.82) is 0 Å². The van der Waals surface area contributed by atoms with Crippen LogP contribution in [0.4, 0.5) is 5.69 Å². The summed E-state index contributed by atoms with van der Waals surface area (Å²) < 4.78 is 34.7. The normalized spacial score (nSPS) is 11.4. The van der Waals surface area contributed by atoms with E-state index in [-0.39, 0.29) is 17.1 Å². The molecule has 3 rings (SSSR count). The third-order valence-corrected chi connectivity index (χ3v) is 5.32. The van der Waals surface area contributed by atoms with Crippen LogP contribution in [-0.4, -0.2) is 30.6 Å². The number of carbonyl (C=O) groups is 1. The van der Waals surface area contributed by atoms with Crippen LogP contribution in [0.1, 0.15) is 17.3 Å². The second-order valence-electron chi connectivity index (χ2n) is 5.08. The number of carbonyl (C=O) groups excluding carboxylic acids is 1. The van der Waals surface area contributed by atoms with E-state index in [1.165, 1.54) is 28.9 Å². The van der Waals surface area contributed by atoms with Crippen molar-refractivity contribution in [1.82, 2.24) is 9.61 Å². The Bertz CT molecular complexity index is 1030. The number of esters is 1. The number of nitrogens with one attached hydrogen (secondary N) is 1. The van der Waals surface area contributed by atoms with Crippen molar-refractivity contribution in [2.45, 2.75) is 11.8 Å². The number of aromatic nitrogens is 2. The maximum Gasteiger partial charge on any atom is 0.341 e. The number of hydrogen-bond acceptors (Lipinski definition) is 5. The third kappa shape index (κ3) is 3.67. The summed E-state index contributed by atoms with van der Waals surface area (Å²) in [5.41, 5.74) is 1.04. The average molecular weight is 424 g/mol. The smallest absolute Gasteiger partial charge is 0.341 e. The van der Waals surface area contributed by atoms with Crippen LogP contribution in [0.5, 0.6) is 0 Å². The average Bonchev–Trinajstić information content (AvgIpc) is 2.98. The van der Waals surface area contributed by atoms with E-state index in [1.807, 2.05) is 0 Å². The fourth-order valence-electron chi connectivity index (χ4n) is 2.24. The lowest BCUT2D eigenvalue weighted by Gasteiger charge is -2.09. The van der Waals surface area contributed by atoms with Gasteiger partial charge in [0.05, 0.1) is 28.9 Å². The van der Waals surface area contributed by atoms with Crippen molar-refractivity contribution in [2.24, 2.45) is 0 Å². The topological polar surface area (TPSA) is 89.8 Å². The van der Waals surface area contributed by atoms with Crippen molar-refractivity contribution < 1.29 is 17.9 Å². The first-order valence-corrected chi connectivity index (χ1v) is 9.61. The lowest BCUT2D eigenvalue weighted by molar-refractivity contribution is 0.0528. The molecule has 9 heteroatoms. The molecule has 130 valence electrons. The molecule has 0 atom stereocenters. The SMILES string of the molecule is CCOC(=O)c1cnn2ccc(NS(=O)(=O)c3ccc(Br)cc3)cc12. The van der Waals surface area contributed by atoms with Crippen LogP contribution in [0.15, 0.2) is 58.2 Å². The highest BCUT2D eigenvalue weighted by Gasteiger charge is 2.17. The van der Waals surface area contributed by atoms with Gasteiger partial charge in [-0.15, -0.1) is 0 Å². The van der Waals surface area contributed by atoms with Gasteiger partial charge < -0.3 is 4.74 Å². The van der Waals surface area contributed by atoms with Gasteiger partial charge in [0.15, 0.2) is 0 Å². The first kappa shape index (κ1) is 17.4. The molecule has 0 saturated heterocycles. The summed E-state index contributed by atoms with van der Waals surface area (Å²) in [6, 6.07) is 9.38. The molecule has 3 aromatic rings. The molecular weight excluding hydrogens is 410 g/mol. The third-order valence-electron chi connectivity index (χ3n) is 3.39. The zero-order chi connectivity index (χ0) is 18.0. The molecule has 0 unspecified atom stereocenters. The van der Waals surface area contributed by atoms with Gasteiger partial charge in [0, 0.05) is 10.7 Å². The fourth-order valence-corrected chi connectivity index (χ4v) is 3.55. The van der Waals surface area contributed by atoms with Crippen LogP contribution in [0.25, 0.3) is 5.52 Å². The van der Waals surface area contributed by atoms with Gasteiger partial charge in [0.2, 0.25) is 0 Å². The minimum absolute atomic E-state index is 0.134. The molecule has 0 spiro atoms. The van der Waals surface area contributed by atoms with Crippen LogP contribution in [0.3, 0.4) is 0 Å². The number of fused-ring (bicyclic) bond motifs is 1. The summed E-state index contributed by atoms with van der Waals surface area (Å²) in [5.74, 6) is -0.509. The molecule has 0 radical (unpaired) electrons. The molecule has 25 heavy (non-hydrogen) atoms. The summed E-state index contributed by atoms with van der Waals surface area (Å²) in [7, 11) is -3.74. The van der Waals surface area contributed by atoms with E-state index in [0.717, 1.165) is 4.47 Å². The number of pyridine rings is 1. The fraction of sp³-hybridized carbons (Fsp3) is 0.125.